The number of halogens is 1. The number of aromatic nitrogens is 4. The molecule has 1 aliphatic heterocycles. The minimum Gasteiger partial charge on any atom is -0.457 e. The van der Waals surface area contributed by atoms with Crippen LogP contribution in [0.2, 0.25) is 0 Å². The fraction of sp³-hybridized carbons (Fsp3) is 0.216. The van der Waals surface area contributed by atoms with Crippen LogP contribution < -0.4 is 24.9 Å². The summed E-state index contributed by atoms with van der Waals surface area (Å²) < 4.78 is 52.1. The van der Waals surface area contributed by atoms with Crippen molar-refractivity contribution in [3.8, 4) is 34.1 Å². The van der Waals surface area contributed by atoms with Gasteiger partial charge in [0.15, 0.2) is 0 Å². The second kappa shape index (κ2) is 12.5. The summed E-state index contributed by atoms with van der Waals surface area (Å²) in [5.74, 6) is 0.131. The van der Waals surface area contributed by atoms with Gasteiger partial charge in [-0.15, -0.1) is 0 Å². The number of benzene rings is 2. The number of aryl methyl sites for hydroxylation is 1. The summed E-state index contributed by atoms with van der Waals surface area (Å²) in [4.78, 5) is 17.8. The highest BCUT2D eigenvalue weighted by Gasteiger charge is 2.26. The van der Waals surface area contributed by atoms with Crippen molar-refractivity contribution in [2.45, 2.75) is 32.2 Å². The van der Waals surface area contributed by atoms with E-state index in [-0.39, 0.29) is 29.7 Å². The highest BCUT2D eigenvalue weighted by molar-refractivity contribution is 7.92. The quantitative estimate of drug-likeness (QED) is 0.232. The van der Waals surface area contributed by atoms with Gasteiger partial charge in [0, 0.05) is 61.0 Å². The highest BCUT2D eigenvalue weighted by Crippen LogP contribution is 2.40. The molecule has 5 aromatic rings. The molecule has 0 unspecified atom stereocenters. The maximum absolute atomic E-state index is 14.9. The third-order valence-electron chi connectivity index (χ3n) is 9.04. The molecule has 2 aliphatic rings. The molecule has 0 atom stereocenters. The lowest BCUT2D eigenvalue weighted by molar-refractivity contribution is -0.119. The average Bonchev–Trinajstić information content (AvgIpc) is 3.75. The summed E-state index contributed by atoms with van der Waals surface area (Å²) in [6, 6.07) is 18.6. The van der Waals surface area contributed by atoms with E-state index in [4.69, 9.17) is 9.72 Å². The molecule has 12 heteroatoms. The Balaban J connectivity index is 1.35. The molecule has 3 aromatic heterocycles. The first-order valence-corrected chi connectivity index (χ1v) is 17.7. The summed E-state index contributed by atoms with van der Waals surface area (Å²) in [5.41, 5.74) is 5.79. The van der Waals surface area contributed by atoms with Gasteiger partial charge < -0.3 is 14.6 Å². The van der Waals surface area contributed by atoms with Crippen LogP contribution in [0, 0.1) is 0 Å². The maximum atomic E-state index is 14.9. The average molecular weight is 679 g/mol. The molecular weight excluding hydrogens is 644 g/mol. The number of amides is 1. The molecular formula is C37H35FN6O4S. The zero-order chi connectivity index (χ0) is 34.4. The molecule has 0 saturated heterocycles. The van der Waals surface area contributed by atoms with E-state index < -0.39 is 10.0 Å². The number of likely N-dealkylation sites (N-methyl/N-ethyl adjacent to an activating group) is 1. The van der Waals surface area contributed by atoms with Crippen molar-refractivity contribution >= 4 is 39.3 Å². The number of nitrogens with one attached hydrogen (secondary N) is 1. The number of hydrogen-bond acceptors (Lipinski definition) is 6. The Kier molecular flexibility index (Phi) is 8.19. The molecule has 4 heterocycles. The largest absolute Gasteiger partial charge is 0.457 e. The number of sulfonamides is 1. The fourth-order valence-electron chi connectivity index (χ4n) is 6.34. The molecule has 0 fully saturated rings. The number of nitrogens with zero attached hydrogens (tertiary/aromatic N) is 5. The molecule has 7 rings (SSSR count). The van der Waals surface area contributed by atoms with Crippen LogP contribution in [0.25, 0.3) is 46.0 Å². The van der Waals surface area contributed by atoms with Gasteiger partial charge in [-0.25, -0.2) is 22.5 Å². The van der Waals surface area contributed by atoms with Gasteiger partial charge in [-0.2, -0.15) is 5.10 Å². The Labute approximate surface area is 283 Å². The van der Waals surface area contributed by atoms with Crippen LogP contribution in [0.5, 0.6) is 5.75 Å². The van der Waals surface area contributed by atoms with Crippen molar-refractivity contribution in [2.24, 2.45) is 0 Å². The number of pyridine rings is 1. The minimum atomic E-state index is -3.74. The summed E-state index contributed by atoms with van der Waals surface area (Å²) in [6.07, 6.45) is 8.28. The van der Waals surface area contributed by atoms with Gasteiger partial charge in [-0.3, -0.25) is 9.10 Å². The molecule has 0 radical (unpaired) electrons. The first-order valence-electron chi connectivity index (χ1n) is 15.9. The van der Waals surface area contributed by atoms with Crippen LogP contribution >= 0.6 is 0 Å². The lowest BCUT2D eigenvalue weighted by Crippen LogP contribution is -2.33. The van der Waals surface area contributed by atoms with E-state index in [0.717, 1.165) is 39.3 Å². The Morgan fingerprint density at radius 3 is 2.67 bits per heavy atom. The monoisotopic (exact) mass is 678 g/mol. The molecule has 1 aliphatic carbocycles. The molecule has 250 valence electrons. The van der Waals surface area contributed by atoms with E-state index in [1.165, 1.54) is 7.05 Å². The first-order chi connectivity index (χ1) is 23.5. The molecule has 49 heavy (non-hydrogen) atoms. The van der Waals surface area contributed by atoms with E-state index in [9.17, 15) is 17.6 Å². The van der Waals surface area contributed by atoms with Crippen LogP contribution in [0.4, 0.5) is 10.1 Å². The third-order valence-corrected chi connectivity index (χ3v) is 10.2. The Morgan fingerprint density at radius 2 is 1.92 bits per heavy atom. The van der Waals surface area contributed by atoms with Gasteiger partial charge in [-0.1, -0.05) is 36.9 Å². The van der Waals surface area contributed by atoms with Crippen LogP contribution in [-0.4, -0.2) is 54.0 Å². The number of rotatable bonds is 9. The summed E-state index contributed by atoms with van der Waals surface area (Å²) in [6.45, 7) is 4.83. The second-order valence-electron chi connectivity index (χ2n) is 12.2. The van der Waals surface area contributed by atoms with Crippen LogP contribution in [0.3, 0.4) is 0 Å². The van der Waals surface area contributed by atoms with E-state index in [0.29, 0.717) is 58.4 Å². The number of ether oxygens (including phenoxy) is 1. The lowest BCUT2D eigenvalue weighted by Gasteiger charge is -2.24. The third kappa shape index (κ3) is 6.04. The van der Waals surface area contributed by atoms with Gasteiger partial charge in [-0.05, 0) is 48.7 Å². The predicted molar refractivity (Wildman–Crippen MR) is 189 cm³/mol. The van der Waals surface area contributed by atoms with Crippen molar-refractivity contribution < 1.29 is 22.3 Å². The molecule has 0 saturated carbocycles. The fourth-order valence-corrected chi connectivity index (χ4v) is 6.84. The standard InChI is InChI=1S/C37H35FN6O4S/c1-23(26-21-40-44(22-26)27-9-6-5-7-10-27)48-35-20-33(42(3)49(4,46)47)29(17-25(35)18-36(45)39-2)31-14-13-24-15-16-43-32-12-8-11-30(38)28(32)19-34(43)37(24)41-31/h5-7,9-10,12-14,17,19-22H,1,8,11,15-16,18H2,2-4H3,(H,39,45). The normalized spacial score (nSPS) is 13.5. The van der Waals surface area contributed by atoms with Gasteiger partial charge >= 0.3 is 0 Å². The number of hydrogen-bond donors (Lipinski definition) is 1. The van der Waals surface area contributed by atoms with Gasteiger partial charge in [0.25, 0.3) is 0 Å². The molecule has 0 spiro atoms. The van der Waals surface area contributed by atoms with Gasteiger partial charge in [0.05, 0.1) is 52.9 Å². The predicted octanol–water partition coefficient (Wildman–Crippen LogP) is 4.34. The van der Waals surface area contributed by atoms with E-state index in [1.807, 2.05) is 48.5 Å². The minimum absolute atomic E-state index is 0.0519. The van der Waals surface area contributed by atoms with Gasteiger partial charge in [0.1, 0.15) is 17.3 Å². The zero-order valence-electron chi connectivity index (χ0n) is 27.4. The van der Waals surface area contributed by atoms with Crippen molar-refractivity contribution in [2.75, 3.05) is 24.7 Å². The van der Waals surface area contributed by atoms with Crippen molar-refractivity contribution in [1.29, 1.82) is 0 Å². The van der Waals surface area contributed by atoms with E-state index in [1.54, 1.807) is 36.3 Å². The first kappa shape index (κ1) is 32.1. The Morgan fingerprint density at radius 1 is 1.12 bits per heavy atom. The lowest BCUT2D eigenvalue weighted by atomic mass is 9.98. The van der Waals surface area contributed by atoms with Crippen LogP contribution in [-0.2, 0) is 34.2 Å². The number of para-hydroxylation sites is 1. The van der Waals surface area contributed by atoms with Crippen molar-refractivity contribution in [3.05, 3.63) is 107 Å². The molecule has 10 nitrogen and oxygen atoms in total. The highest BCUT2D eigenvalue weighted by atomic mass is 32.2. The number of fused-ring (bicyclic) bond motifs is 5. The number of carbonyl (C=O) groups is 1. The second-order valence-corrected chi connectivity index (χ2v) is 14.2. The Hall–Kier alpha value is -5.49. The zero-order valence-corrected chi connectivity index (χ0v) is 28.2. The Bertz CT molecular complexity index is 2380. The van der Waals surface area contributed by atoms with Crippen molar-refractivity contribution in [1.82, 2.24) is 24.6 Å². The maximum Gasteiger partial charge on any atom is 0.232 e. The summed E-state index contributed by atoms with van der Waals surface area (Å²) in [5, 5.41) is 8.56. The van der Waals surface area contributed by atoms with Gasteiger partial charge in [0.2, 0.25) is 15.9 Å². The number of carbonyl (C=O) groups excluding carboxylic acids is 1. The SMILES string of the molecule is C=C(Oc1cc(N(C)S(C)(=O)=O)c(-c2ccc3c(n2)-c2cc4c(n2CC3)=CCCC=4F)cc1CC(=O)NC)c1cnn(-c2ccccc2)c1. The van der Waals surface area contributed by atoms with Crippen LogP contribution in [0.15, 0.2) is 79.6 Å². The van der Waals surface area contributed by atoms with Crippen LogP contribution in [0.1, 0.15) is 29.5 Å². The summed E-state index contributed by atoms with van der Waals surface area (Å²) in [7, 11) is -0.739. The van der Waals surface area contributed by atoms with E-state index in [2.05, 4.69) is 27.6 Å². The topological polar surface area (TPSA) is 111 Å². The molecule has 1 amide bonds. The van der Waals surface area contributed by atoms with Crippen molar-refractivity contribution in [3.63, 3.8) is 0 Å². The molecule has 1 N–H and O–H groups in total. The molecule has 0 bridgehead atoms. The molecule has 2 aromatic carbocycles. The smallest absolute Gasteiger partial charge is 0.232 e. The number of anilines is 1. The summed E-state index contributed by atoms with van der Waals surface area (Å²) >= 11 is 0. The van der Waals surface area contributed by atoms with E-state index >= 15 is 0 Å².